The molecule has 2 nitrogen and oxygen atoms in total. The van der Waals surface area contributed by atoms with Crippen molar-refractivity contribution in [3.05, 3.63) is 30.3 Å². The second kappa shape index (κ2) is 6.50. The van der Waals surface area contributed by atoms with Gasteiger partial charge >= 0.3 is 0 Å². The van der Waals surface area contributed by atoms with Crippen molar-refractivity contribution in [1.29, 1.82) is 0 Å². The number of rotatable bonds is 6. The van der Waals surface area contributed by atoms with Crippen molar-refractivity contribution >= 4 is 13.3 Å². The minimum Gasteiger partial charge on any atom is -0.395 e. The van der Waals surface area contributed by atoms with Crippen molar-refractivity contribution in [2.45, 2.75) is 32.6 Å². The van der Waals surface area contributed by atoms with Gasteiger partial charge < -0.3 is 10.0 Å². The largest absolute Gasteiger partial charge is 0.395 e. The highest BCUT2D eigenvalue weighted by molar-refractivity contribution is 6.91. The Hall–Kier alpha value is -0.643. The van der Waals surface area contributed by atoms with Gasteiger partial charge in [0, 0.05) is 12.2 Å². The Morgan fingerprint density at radius 3 is 2.17 bits per heavy atom. The van der Waals surface area contributed by atoms with E-state index in [0.717, 1.165) is 6.54 Å². The van der Waals surface area contributed by atoms with Crippen LogP contribution in [-0.2, 0) is 0 Å². The van der Waals surface area contributed by atoms with Gasteiger partial charge in [-0.2, -0.15) is 0 Å². The molecule has 0 aromatic heterocycles. The molecule has 0 amide bonds. The summed E-state index contributed by atoms with van der Waals surface area (Å²) >= 11 is 0. The first-order chi connectivity index (χ1) is 8.41. The normalized spacial score (nSPS) is 14.2. The summed E-state index contributed by atoms with van der Waals surface area (Å²) in [6.45, 7) is 10.4. The molecule has 0 saturated heterocycles. The van der Waals surface area contributed by atoms with E-state index >= 15 is 0 Å². The minimum atomic E-state index is -1.56. The zero-order chi connectivity index (χ0) is 13.8. The molecular weight excluding hydrogens is 238 g/mol. The summed E-state index contributed by atoms with van der Waals surface area (Å²) in [7, 11) is 0.580. The van der Waals surface area contributed by atoms with E-state index in [2.05, 4.69) is 69.2 Å². The molecular formula is C15H27NOSi. The summed E-state index contributed by atoms with van der Waals surface area (Å²) in [4.78, 5) is 2.34. The van der Waals surface area contributed by atoms with Crippen LogP contribution in [0.15, 0.2) is 30.3 Å². The van der Waals surface area contributed by atoms with E-state index in [4.69, 9.17) is 0 Å². The van der Waals surface area contributed by atoms with Crippen LogP contribution in [0.4, 0.5) is 0 Å². The van der Waals surface area contributed by atoms with Crippen LogP contribution in [0.5, 0.6) is 0 Å². The minimum absolute atomic E-state index is 0.235. The predicted octanol–water partition coefficient (Wildman–Crippen LogP) is 2.09. The fourth-order valence-electron chi connectivity index (χ4n) is 3.23. The molecule has 3 heteroatoms. The molecule has 1 aromatic carbocycles. The number of benzene rings is 1. The van der Waals surface area contributed by atoms with Crippen LogP contribution in [0, 0.1) is 5.92 Å². The van der Waals surface area contributed by atoms with Gasteiger partial charge in [-0.15, -0.1) is 0 Å². The molecule has 1 aromatic rings. The Morgan fingerprint density at radius 2 is 1.72 bits per heavy atom. The maximum atomic E-state index is 9.18. The lowest BCUT2D eigenvalue weighted by Crippen LogP contribution is -2.61. The van der Waals surface area contributed by atoms with Crippen LogP contribution >= 0.6 is 0 Å². The Balaban J connectivity index is 3.04. The molecule has 1 unspecified atom stereocenters. The molecule has 0 radical (unpaired) electrons. The summed E-state index contributed by atoms with van der Waals surface area (Å²) in [5, 5.41) is 10.7. The highest BCUT2D eigenvalue weighted by Crippen LogP contribution is 2.21. The zero-order valence-electron chi connectivity index (χ0n) is 12.4. The summed E-state index contributed by atoms with van der Waals surface area (Å²) in [5.41, 5.74) is 0.548. The van der Waals surface area contributed by atoms with Crippen molar-refractivity contribution in [3.8, 4) is 0 Å². The fraction of sp³-hybridized carbons (Fsp3) is 0.600. The molecule has 0 fully saturated rings. The van der Waals surface area contributed by atoms with Crippen molar-refractivity contribution in [2.24, 2.45) is 5.92 Å². The molecule has 1 rings (SSSR count). The van der Waals surface area contributed by atoms with Gasteiger partial charge in [0.15, 0.2) is 0 Å². The standard InChI is InChI=1S/C15H27NOSi/c1-13(2)15(16(3)11-12-17)18(4,5)14-9-7-6-8-10-14/h6-10,13,15,17H,11-12H2,1-5H3. The topological polar surface area (TPSA) is 23.5 Å². The zero-order valence-corrected chi connectivity index (χ0v) is 13.4. The van der Waals surface area contributed by atoms with Gasteiger partial charge in [-0.05, 0) is 13.0 Å². The summed E-state index contributed by atoms with van der Waals surface area (Å²) in [6, 6.07) is 10.9. The first kappa shape index (κ1) is 15.4. The second-order valence-corrected chi connectivity index (χ2v) is 10.6. The fourth-order valence-corrected chi connectivity index (χ4v) is 7.52. The first-order valence-corrected chi connectivity index (χ1v) is 9.85. The van der Waals surface area contributed by atoms with Gasteiger partial charge in [0.25, 0.3) is 0 Å². The number of hydrogen-bond acceptors (Lipinski definition) is 2. The van der Waals surface area contributed by atoms with E-state index in [-0.39, 0.29) is 6.61 Å². The predicted molar refractivity (Wildman–Crippen MR) is 81.9 cm³/mol. The highest BCUT2D eigenvalue weighted by atomic mass is 28.3. The van der Waals surface area contributed by atoms with Crippen molar-refractivity contribution in [2.75, 3.05) is 20.2 Å². The third-order valence-corrected chi connectivity index (χ3v) is 8.22. The summed E-state index contributed by atoms with van der Waals surface area (Å²) < 4.78 is 0. The van der Waals surface area contributed by atoms with E-state index in [1.54, 1.807) is 0 Å². The van der Waals surface area contributed by atoms with Crippen molar-refractivity contribution in [3.63, 3.8) is 0 Å². The van der Waals surface area contributed by atoms with Crippen LogP contribution in [0.3, 0.4) is 0 Å². The van der Waals surface area contributed by atoms with Crippen molar-refractivity contribution < 1.29 is 5.11 Å². The van der Waals surface area contributed by atoms with Gasteiger partial charge in [0.05, 0.1) is 14.7 Å². The third kappa shape index (κ3) is 3.43. The van der Waals surface area contributed by atoms with Gasteiger partial charge in [0.1, 0.15) is 0 Å². The van der Waals surface area contributed by atoms with Gasteiger partial charge in [-0.3, -0.25) is 0 Å². The SMILES string of the molecule is CC(C)C(N(C)CCO)[Si](C)(C)c1ccccc1. The molecule has 0 saturated carbocycles. The lowest BCUT2D eigenvalue weighted by atomic mass is 10.2. The lowest BCUT2D eigenvalue weighted by Gasteiger charge is -2.42. The second-order valence-electron chi connectivity index (χ2n) is 5.98. The number of aliphatic hydroxyl groups is 1. The molecule has 1 atom stereocenters. The van der Waals surface area contributed by atoms with Crippen LogP contribution in [0.25, 0.3) is 0 Å². The number of hydrogen-bond donors (Lipinski definition) is 1. The molecule has 0 aliphatic carbocycles. The average Bonchev–Trinajstić information content (AvgIpc) is 2.29. The quantitative estimate of drug-likeness (QED) is 0.796. The summed E-state index contributed by atoms with van der Waals surface area (Å²) in [5.74, 6) is 0.600. The Bertz CT molecular complexity index is 351. The number of likely N-dealkylation sites (N-methyl/N-ethyl adjacent to an activating group) is 1. The van der Waals surface area contributed by atoms with Crippen molar-refractivity contribution in [1.82, 2.24) is 4.90 Å². The first-order valence-electron chi connectivity index (χ1n) is 6.78. The Morgan fingerprint density at radius 1 is 1.17 bits per heavy atom. The van der Waals surface area contributed by atoms with Crippen LogP contribution in [0.1, 0.15) is 13.8 Å². The number of nitrogens with zero attached hydrogens (tertiary/aromatic N) is 1. The van der Waals surface area contributed by atoms with E-state index in [9.17, 15) is 5.11 Å². The molecule has 1 N–H and O–H groups in total. The van der Waals surface area contributed by atoms with E-state index in [1.165, 1.54) is 5.19 Å². The summed E-state index contributed by atoms with van der Waals surface area (Å²) in [6.07, 6.45) is 0. The molecule has 0 spiro atoms. The Kier molecular flexibility index (Phi) is 5.57. The van der Waals surface area contributed by atoms with Crippen LogP contribution in [-0.4, -0.2) is 43.9 Å². The van der Waals surface area contributed by atoms with Gasteiger partial charge in [-0.1, -0.05) is 62.5 Å². The van der Waals surface area contributed by atoms with E-state index < -0.39 is 8.07 Å². The van der Waals surface area contributed by atoms with Gasteiger partial charge in [0.2, 0.25) is 0 Å². The van der Waals surface area contributed by atoms with Crippen LogP contribution in [0.2, 0.25) is 13.1 Å². The lowest BCUT2D eigenvalue weighted by molar-refractivity contribution is 0.187. The van der Waals surface area contributed by atoms with E-state index in [0.29, 0.717) is 11.6 Å². The maximum Gasteiger partial charge on any atom is 0.0990 e. The third-order valence-electron chi connectivity index (χ3n) is 3.82. The molecule has 0 aliphatic heterocycles. The smallest absolute Gasteiger partial charge is 0.0990 e. The molecule has 102 valence electrons. The maximum absolute atomic E-state index is 9.18. The number of aliphatic hydroxyl groups excluding tert-OH is 1. The molecule has 0 aliphatic rings. The van der Waals surface area contributed by atoms with Crippen LogP contribution < -0.4 is 5.19 Å². The molecule has 0 bridgehead atoms. The Labute approximate surface area is 113 Å². The highest BCUT2D eigenvalue weighted by Gasteiger charge is 2.37. The molecule has 18 heavy (non-hydrogen) atoms. The monoisotopic (exact) mass is 265 g/mol. The average molecular weight is 265 g/mol. The molecule has 0 heterocycles. The van der Waals surface area contributed by atoms with Gasteiger partial charge in [-0.25, -0.2) is 0 Å². The van der Waals surface area contributed by atoms with E-state index in [1.807, 2.05) is 0 Å².